The average molecular weight is 269 g/mol. The van der Waals surface area contributed by atoms with Crippen molar-refractivity contribution in [3.8, 4) is 0 Å². The van der Waals surface area contributed by atoms with Gasteiger partial charge >= 0.3 is 0 Å². The first-order valence-electron chi connectivity index (χ1n) is 6.56. The zero-order valence-corrected chi connectivity index (χ0v) is 11.3. The zero-order valence-electron chi connectivity index (χ0n) is 10.5. The Morgan fingerprint density at radius 3 is 2.94 bits per heavy atom. The maximum Gasteiger partial charge on any atom is 0.238 e. The molecule has 2 saturated heterocycles. The van der Waals surface area contributed by atoms with Crippen LogP contribution >= 0.6 is 11.8 Å². The first-order valence-corrected chi connectivity index (χ1v) is 7.71. The summed E-state index contributed by atoms with van der Waals surface area (Å²) in [6, 6.07) is 0.351. The van der Waals surface area contributed by atoms with E-state index in [1.165, 1.54) is 0 Å². The number of likely N-dealkylation sites (tertiary alicyclic amines) is 1. The summed E-state index contributed by atoms with van der Waals surface area (Å²) in [5.74, 6) is 2.55. The molecule has 0 bridgehead atoms. The van der Waals surface area contributed by atoms with E-state index in [1.807, 2.05) is 4.90 Å². The zero-order chi connectivity index (χ0) is 12.7. The van der Waals surface area contributed by atoms with Gasteiger partial charge < -0.3 is 10.2 Å². The number of nitrogens with one attached hydrogen (secondary N) is 2. The van der Waals surface area contributed by atoms with Gasteiger partial charge in [0.1, 0.15) is 0 Å². The fourth-order valence-corrected chi connectivity index (χ4v) is 3.69. The van der Waals surface area contributed by atoms with Gasteiger partial charge in [-0.1, -0.05) is 6.92 Å². The molecule has 0 spiro atoms. The van der Waals surface area contributed by atoms with Crippen LogP contribution in [-0.2, 0) is 9.59 Å². The Morgan fingerprint density at radius 2 is 2.33 bits per heavy atom. The first kappa shape index (κ1) is 12.3. The van der Waals surface area contributed by atoms with Crippen molar-refractivity contribution in [1.29, 1.82) is 0 Å². The molecule has 3 aliphatic rings. The van der Waals surface area contributed by atoms with E-state index in [1.54, 1.807) is 11.8 Å². The van der Waals surface area contributed by atoms with E-state index >= 15 is 0 Å². The number of thioether (sulfide) groups is 1. The summed E-state index contributed by atoms with van der Waals surface area (Å²) in [6.07, 6.45) is 1.59. The number of hydrogen-bond donors (Lipinski definition) is 2. The van der Waals surface area contributed by atoms with Crippen LogP contribution in [0.1, 0.15) is 19.8 Å². The van der Waals surface area contributed by atoms with Crippen molar-refractivity contribution in [3.63, 3.8) is 0 Å². The fourth-order valence-electron chi connectivity index (χ4n) is 2.75. The Hall–Kier alpha value is -0.750. The molecular formula is C12H19N3O2S. The third-order valence-corrected chi connectivity index (χ3v) is 4.94. The monoisotopic (exact) mass is 269 g/mol. The molecule has 0 unspecified atom stereocenters. The number of carbonyl (C=O) groups is 2. The highest BCUT2D eigenvalue weighted by Gasteiger charge is 2.45. The summed E-state index contributed by atoms with van der Waals surface area (Å²) in [5.41, 5.74) is 0. The molecule has 2 N–H and O–H groups in total. The maximum absolute atomic E-state index is 11.9. The Balaban J connectivity index is 1.52. The van der Waals surface area contributed by atoms with Gasteiger partial charge in [-0.25, -0.2) is 0 Å². The van der Waals surface area contributed by atoms with Crippen LogP contribution in [0.15, 0.2) is 0 Å². The first-order chi connectivity index (χ1) is 8.65. The Kier molecular flexibility index (Phi) is 3.23. The molecule has 2 aliphatic heterocycles. The Bertz CT molecular complexity index is 370. The number of nitrogens with zero attached hydrogens (tertiary/aromatic N) is 1. The van der Waals surface area contributed by atoms with Gasteiger partial charge in [-0.3, -0.25) is 14.9 Å². The van der Waals surface area contributed by atoms with Crippen LogP contribution in [0.2, 0.25) is 0 Å². The molecule has 1 aliphatic carbocycles. The number of amides is 2. The van der Waals surface area contributed by atoms with Crippen LogP contribution in [0.4, 0.5) is 0 Å². The van der Waals surface area contributed by atoms with E-state index < -0.39 is 0 Å². The predicted octanol–water partition coefficient (Wildman–Crippen LogP) is -0.226. The van der Waals surface area contributed by atoms with Crippen LogP contribution in [0.5, 0.6) is 0 Å². The van der Waals surface area contributed by atoms with E-state index in [0.29, 0.717) is 24.9 Å². The van der Waals surface area contributed by atoms with Gasteiger partial charge in [0.05, 0.1) is 12.1 Å². The molecule has 1 saturated carbocycles. The number of rotatable bonds is 3. The topological polar surface area (TPSA) is 61.4 Å². The second-order valence-corrected chi connectivity index (χ2v) is 6.54. The molecule has 3 rings (SSSR count). The normalized spacial score (nSPS) is 39.2. The lowest BCUT2D eigenvalue weighted by atomic mass is 10.2. The van der Waals surface area contributed by atoms with Crippen molar-refractivity contribution < 1.29 is 9.59 Å². The lowest BCUT2D eigenvalue weighted by Gasteiger charge is -2.18. The van der Waals surface area contributed by atoms with Crippen molar-refractivity contribution in [1.82, 2.24) is 15.5 Å². The number of carbonyl (C=O) groups excluding carboxylic acids is 2. The van der Waals surface area contributed by atoms with Crippen molar-refractivity contribution >= 4 is 23.6 Å². The largest absolute Gasteiger partial charge is 0.350 e. The van der Waals surface area contributed by atoms with Gasteiger partial charge in [-0.2, -0.15) is 0 Å². The van der Waals surface area contributed by atoms with E-state index in [9.17, 15) is 9.59 Å². The van der Waals surface area contributed by atoms with Gasteiger partial charge in [0.15, 0.2) is 0 Å². The Morgan fingerprint density at radius 1 is 1.56 bits per heavy atom. The molecule has 0 radical (unpaired) electrons. The summed E-state index contributed by atoms with van der Waals surface area (Å²) in [4.78, 5) is 25.8. The molecule has 2 amide bonds. The van der Waals surface area contributed by atoms with Crippen molar-refractivity contribution in [2.24, 2.45) is 5.92 Å². The van der Waals surface area contributed by atoms with Crippen molar-refractivity contribution in [2.75, 3.05) is 18.2 Å². The van der Waals surface area contributed by atoms with Crippen molar-refractivity contribution in [3.05, 3.63) is 0 Å². The highest BCUT2D eigenvalue weighted by Crippen LogP contribution is 2.37. The van der Waals surface area contributed by atoms with Crippen LogP contribution in [-0.4, -0.2) is 53.0 Å². The summed E-state index contributed by atoms with van der Waals surface area (Å²) in [6.45, 7) is 2.86. The Labute approximate surface area is 111 Å². The van der Waals surface area contributed by atoms with Gasteiger partial charge in [0.2, 0.25) is 11.8 Å². The molecule has 4 atom stereocenters. The van der Waals surface area contributed by atoms with Crippen molar-refractivity contribution in [2.45, 2.75) is 37.9 Å². The van der Waals surface area contributed by atoms with Crippen LogP contribution in [0.3, 0.4) is 0 Å². The third-order valence-electron chi connectivity index (χ3n) is 4.00. The summed E-state index contributed by atoms with van der Waals surface area (Å²) < 4.78 is 0. The van der Waals surface area contributed by atoms with Crippen LogP contribution in [0.25, 0.3) is 0 Å². The molecule has 100 valence electrons. The lowest BCUT2D eigenvalue weighted by molar-refractivity contribution is -0.128. The van der Waals surface area contributed by atoms with Gasteiger partial charge in [-0.15, -0.1) is 11.8 Å². The number of hydrogen-bond acceptors (Lipinski definition) is 4. The standard InChI is InChI=1S/C12H19N3O2S/c1-7-2-10(7)15-4-8(3-11(15)16)14-12(17)9-5-18-6-13-9/h7-10,13H,2-6H2,1H3,(H,14,17)/t7-,8+,9+,10+/m1/s1. The van der Waals surface area contributed by atoms with E-state index in [2.05, 4.69) is 17.6 Å². The van der Waals surface area contributed by atoms with Crippen LogP contribution in [0, 0.1) is 5.92 Å². The lowest BCUT2D eigenvalue weighted by Crippen LogP contribution is -2.47. The van der Waals surface area contributed by atoms with Gasteiger partial charge in [0.25, 0.3) is 0 Å². The fraction of sp³-hybridized carbons (Fsp3) is 0.833. The molecule has 0 aromatic heterocycles. The van der Waals surface area contributed by atoms with E-state index in [-0.39, 0.29) is 23.9 Å². The highest BCUT2D eigenvalue weighted by atomic mass is 32.2. The summed E-state index contributed by atoms with van der Waals surface area (Å²) in [5, 5.41) is 6.15. The molecular weight excluding hydrogens is 250 g/mol. The molecule has 0 aromatic rings. The maximum atomic E-state index is 11.9. The minimum absolute atomic E-state index is 0.00481. The molecule has 18 heavy (non-hydrogen) atoms. The van der Waals surface area contributed by atoms with E-state index in [4.69, 9.17) is 0 Å². The molecule has 5 nitrogen and oxygen atoms in total. The van der Waals surface area contributed by atoms with Gasteiger partial charge in [-0.05, 0) is 12.3 Å². The smallest absolute Gasteiger partial charge is 0.238 e. The van der Waals surface area contributed by atoms with Gasteiger partial charge in [0, 0.05) is 30.6 Å². The molecule has 3 fully saturated rings. The van der Waals surface area contributed by atoms with E-state index in [0.717, 1.165) is 18.1 Å². The minimum atomic E-state index is -0.0843. The summed E-state index contributed by atoms with van der Waals surface area (Å²) in [7, 11) is 0. The minimum Gasteiger partial charge on any atom is -0.350 e. The second kappa shape index (κ2) is 4.74. The van der Waals surface area contributed by atoms with Crippen LogP contribution < -0.4 is 10.6 Å². The second-order valence-electron chi connectivity index (χ2n) is 5.51. The molecule has 6 heteroatoms. The highest BCUT2D eigenvalue weighted by molar-refractivity contribution is 7.99. The third kappa shape index (κ3) is 2.36. The predicted molar refractivity (Wildman–Crippen MR) is 70.1 cm³/mol. The molecule has 0 aromatic carbocycles. The summed E-state index contributed by atoms with van der Waals surface area (Å²) >= 11 is 1.74. The quantitative estimate of drug-likeness (QED) is 0.743. The SMILES string of the molecule is C[C@@H]1C[C@@H]1N1C[C@@H](NC(=O)[C@@H]2CSCN2)CC1=O. The molecule has 2 heterocycles. The average Bonchev–Trinajstić information content (AvgIpc) is 2.80.